The number of rotatable bonds is 13. The Hall–Kier alpha value is -3.73. The third-order valence-corrected chi connectivity index (χ3v) is 8.39. The molecule has 0 saturated heterocycles. The Kier molecular flexibility index (Phi) is 11.5. The van der Waals surface area contributed by atoms with E-state index >= 15 is 0 Å². The number of carbonyl (C=O) groups is 1. The first-order valence-corrected chi connectivity index (χ1v) is 15.0. The summed E-state index contributed by atoms with van der Waals surface area (Å²) in [6, 6.07) is 22.3. The van der Waals surface area contributed by atoms with Crippen molar-refractivity contribution in [1.29, 1.82) is 0 Å². The molecule has 1 amide bonds. The second kappa shape index (κ2) is 14.8. The molecule has 0 spiro atoms. The van der Waals surface area contributed by atoms with Crippen LogP contribution in [0.15, 0.2) is 88.8 Å². The van der Waals surface area contributed by atoms with E-state index in [1.807, 2.05) is 51.1 Å². The van der Waals surface area contributed by atoms with Crippen LogP contribution in [0.3, 0.4) is 0 Å². The molecule has 0 unspecified atom stereocenters. The minimum absolute atomic E-state index is 0.00468. The lowest BCUT2D eigenvalue weighted by molar-refractivity contribution is 0.0873. The molecule has 0 saturated carbocycles. The molecule has 0 fully saturated rings. The summed E-state index contributed by atoms with van der Waals surface area (Å²) < 4.78 is 33.8. The van der Waals surface area contributed by atoms with E-state index in [4.69, 9.17) is 10.5 Å². The number of aliphatic hydroxyl groups excluding tert-OH is 1. The topological polar surface area (TPSA) is 134 Å². The number of benzene rings is 3. The molecule has 220 valence electrons. The third kappa shape index (κ3) is 9.41. The van der Waals surface area contributed by atoms with Gasteiger partial charge in [0.15, 0.2) is 0 Å². The molecule has 3 aromatic rings. The molecule has 3 aromatic carbocycles. The van der Waals surface area contributed by atoms with Crippen LogP contribution in [-0.4, -0.2) is 62.0 Å². The van der Waals surface area contributed by atoms with Crippen LogP contribution in [0.25, 0.3) is 0 Å². The summed E-state index contributed by atoms with van der Waals surface area (Å²) in [6.07, 6.45) is -1.65. The highest BCUT2D eigenvalue weighted by Crippen LogP contribution is 2.20. The fourth-order valence-corrected chi connectivity index (χ4v) is 5.89. The van der Waals surface area contributed by atoms with Crippen molar-refractivity contribution < 1.29 is 23.1 Å². The third-order valence-electron chi connectivity index (χ3n) is 6.54. The number of nitrogens with two attached hydrogens (primary N) is 1. The molecule has 4 N–H and O–H groups in total. The highest BCUT2D eigenvalue weighted by Gasteiger charge is 2.31. The molecular formula is C31H40N4O5S. The average Bonchev–Trinajstić information content (AvgIpc) is 2.95. The van der Waals surface area contributed by atoms with Crippen LogP contribution in [0.5, 0.6) is 0 Å². The van der Waals surface area contributed by atoms with Gasteiger partial charge in [0.05, 0.1) is 17.0 Å². The fourth-order valence-electron chi connectivity index (χ4n) is 4.27. The average molecular weight is 581 g/mol. The van der Waals surface area contributed by atoms with Gasteiger partial charge in [-0.15, -0.1) is 0 Å². The van der Waals surface area contributed by atoms with E-state index in [-0.39, 0.29) is 36.9 Å². The molecule has 0 aromatic heterocycles. The van der Waals surface area contributed by atoms with Gasteiger partial charge in [0.25, 0.3) is 0 Å². The van der Waals surface area contributed by atoms with Crippen molar-refractivity contribution in [2.75, 3.05) is 20.1 Å². The Labute approximate surface area is 243 Å². The molecule has 0 bridgehead atoms. The zero-order valence-corrected chi connectivity index (χ0v) is 24.8. The first-order valence-electron chi connectivity index (χ1n) is 13.5. The van der Waals surface area contributed by atoms with Crippen molar-refractivity contribution in [1.82, 2.24) is 9.62 Å². The monoisotopic (exact) mass is 580 g/mol. The van der Waals surface area contributed by atoms with Gasteiger partial charge in [-0.05, 0) is 42.5 Å². The maximum atomic E-state index is 13.5. The largest absolute Gasteiger partial charge is 0.445 e. The number of alkyl carbamates (subject to hydrolysis) is 1. The molecule has 10 heteroatoms. The van der Waals surface area contributed by atoms with Crippen LogP contribution in [0, 0.1) is 12.8 Å². The quantitative estimate of drug-likeness (QED) is 0.208. The minimum Gasteiger partial charge on any atom is -0.445 e. The Morgan fingerprint density at radius 1 is 0.976 bits per heavy atom. The van der Waals surface area contributed by atoms with E-state index in [1.54, 1.807) is 55.6 Å². The standard InChI is InChI=1S/C31H40N4O5S/c1-22(2)19-35(41(38,39)27-16-10-23(3)11-17-27)20-29(36)28(18-24-8-6-5-7-9-24)34-31(37)40-21-25-12-14-26(15-13-25)30(32)33-4/h5-17,22,28-29,36H,18-21H2,1-4H3,(H2,32,33)(H,34,37)/t28-,29+/m0/s1. The number of amidine groups is 1. The Morgan fingerprint density at radius 3 is 2.20 bits per heavy atom. The molecule has 0 radical (unpaired) electrons. The Balaban J connectivity index is 1.76. The predicted molar refractivity (Wildman–Crippen MR) is 161 cm³/mol. The van der Waals surface area contributed by atoms with E-state index in [0.29, 0.717) is 5.84 Å². The molecule has 2 atom stereocenters. The number of nitrogens with zero attached hydrogens (tertiary/aromatic N) is 2. The minimum atomic E-state index is -3.89. The SMILES string of the molecule is CN=C(N)c1ccc(COC(=O)N[C@@H](Cc2ccccc2)[C@H](O)CN(CC(C)C)S(=O)(=O)c2ccc(C)cc2)cc1. The van der Waals surface area contributed by atoms with Crippen LogP contribution < -0.4 is 11.1 Å². The number of aliphatic imine (C=N–C) groups is 1. The molecule has 3 rings (SSSR count). The highest BCUT2D eigenvalue weighted by atomic mass is 32.2. The summed E-state index contributed by atoms with van der Waals surface area (Å²) in [5.74, 6) is 0.419. The summed E-state index contributed by atoms with van der Waals surface area (Å²) in [7, 11) is -2.28. The number of aryl methyl sites for hydroxylation is 1. The van der Waals surface area contributed by atoms with Crippen LogP contribution in [-0.2, 0) is 27.8 Å². The van der Waals surface area contributed by atoms with E-state index in [2.05, 4.69) is 10.3 Å². The number of hydrogen-bond donors (Lipinski definition) is 3. The van der Waals surface area contributed by atoms with Crippen molar-refractivity contribution in [2.24, 2.45) is 16.6 Å². The number of carbonyl (C=O) groups excluding carboxylic acids is 1. The highest BCUT2D eigenvalue weighted by molar-refractivity contribution is 7.89. The number of sulfonamides is 1. The molecule has 0 aliphatic heterocycles. The number of hydrogen-bond acceptors (Lipinski definition) is 6. The van der Waals surface area contributed by atoms with Gasteiger partial charge in [0.1, 0.15) is 12.4 Å². The van der Waals surface area contributed by atoms with Gasteiger partial charge in [-0.3, -0.25) is 4.99 Å². The predicted octanol–water partition coefficient (Wildman–Crippen LogP) is 3.88. The molecular weight excluding hydrogens is 540 g/mol. The van der Waals surface area contributed by atoms with E-state index < -0.39 is 28.3 Å². The normalized spacial score (nSPS) is 13.7. The second-order valence-electron chi connectivity index (χ2n) is 10.4. The van der Waals surface area contributed by atoms with Gasteiger partial charge >= 0.3 is 6.09 Å². The van der Waals surface area contributed by atoms with Crippen LogP contribution in [0.1, 0.15) is 36.1 Å². The molecule has 41 heavy (non-hydrogen) atoms. The number of ether oxygens (including phenoxy) is 1. The van der Waals surface area contributed by atoms with Gasteiger partial charge in [-0.1, -0.05) is 86.1 Å². The van der Waals surface area contributed by atoms with E-state index in [1.165, 1.54) is 4.31 Å². The lowest BCUT2D eigenvalue weighted by Crippen LogP contribution is -2.51. The van der Waals surface area contributed by atoms with Gasteiger partial charge in [0, 0.05) is 25.7 Å². The summed E-state index contributed by atoms with van der Waals surface area (Å²) in [5, 5.41) is 14.1. The van der Waals surface area contributed by atoms with Crippen molar-refractivity contribution in [2.45, 2.75) is 50.8 Å². The van der Waals surface area contributed by atoms with Crippen LogP contribution in [0.4, 0.5) is 4.79 Å². The molecule has 0 aliphatic carbocycles. The van der Waals surface area contributed by atoms with Crippen molar-refractivity contribution in [3.8, 4) is 0 Å². The molecule has 9 nitrogen and oxygen atoms in total. The Morgan fingerprint density at radius 2 is 1.61 bits per heavy atom. The lowest BCUT2D eigenvalue weighted by atomic mass is 10.0. The summed E-state index contributed by atoms with van der Waals surface area (Å²) in [4.78, 5) is 16.9. The first kappa shape index (κ1) is 31.8. The summed E-state index contributed by atoms with van der Waals surface area (Å²) in [5.41, 5.74) is 9.16. The maximum Gasteiger partial charge on any atom is 0.407 e. The summed E-state index contributed by atoms with van der Waals surface area (Å²) >= 11 is 0. The smallest absolute Gasteiger partial charge is 0.407 e. The first-order chi connectivity index (χ1) is 19.5. The fraction of sp³-hybridized carbons (Fsp3) is 0.355. The van der Waals surface area contributed by atoms with Gasteiger partial charge in [-0.25, -0.2) is 13.2 Å². The zero-order chi connectivity index (χ0) is 30.0. The lowest BCUT2D eigenvalue weighted by Gasteiger charge is -2.30. The van der Waals surface area contributed by atoms with Gasteiger partial charge in [-0.2, -0.15) is 4.31 Å². The van der Waals surface area contributed by atoms with Gasteiger partial charge < -0.3 is 20.9 Å². The van der Waals surface area contributed by atoms with Crippen molar-refractivity contribution in [3.05, 3.63) is 101 Å². The van der Waals surface area contributed by atoms with Crippen LogP contribution >= 0.6 is 0 Å². The van der Waals surface area contributed by atoms with Crippen molar-refractivity contribution >= 4 is 22.0 Å². The zero-order valence-electron chi connectivity index (χ0n) is 24.0. The number of nitrogens with one attached hydrogen (secondary N) is 1. The van der Waals surface area contributed by atoms with Gasteiger partial charge in [0.2, 0.25) is 10.0 Å². The number of aliphatic hydroxyl groups is 1. The second-order valence-corrected chi connectivity index (χ2v) is 12.4. The van der Waals surface area contributed by atoms with Crippen LogP contribution in [0.2, 0.25) is 0 Å². The van der Waals surface area contributed by atoms with E-state index in [0.717, 1.165) is 22.3 Å². The Bertz CT molecular complexity index is 1390. The summed E-state index contributed by atoms with van der Waals surface area (Å²) in [6.45, 7) is 5.73. The van der Waals surface area contributed by atoms with Crippen molar-refractivity contribution in [3.63, 3.8) is 0 Å². The number of amides is 1. The molecule has 0 heterocycles. The van der Waals surface area contributed by atoms with E-state index in [9.17, 15) is 18.3 Å². The molecule has 0 aliphatic rings. The maximum absolute atomic E-state index is 13.5.